The molecule has 1 aromatic heterocycles. The Bertz CT molecular complexity index is 337. The summed E-state index contributed by atoms with van der Waals surface area (Å²) in [7, 11) is 0. The number of hydrogen-bond acceptors (Lipinski definition) is 2. The van der Waals surface area contributed by atoms with Crippen molar-refractivity contribution in [2.24, 2.45) is 0 Å². The second-order valence-corrected chi connectivity index (χ2v) is 4.14. The fourth-order valence-corrected chi connectivity index (χ4v) is 1.63. The second-order valence-electron chi connectivity index (χ2n) is 3.33. The summed E-state index contributed by atoms with van der Waals surface area (Å²) in [5.74, 6) is -0.106. The molecular formula is C11H15BrN2O. The maximum atomic E-state index is 11.7. The lowest BCUT2D eigenvalue weighted by molar-refractivity contribution is 0.0929. The van der Waals surface area contributed by atoms with E-state index in [0.29, 0.717) is 10.3 Å². The molecule has 15 heavy (non-hydrogen) atoms. The van der Waals surface area contributed by atoms with Gasteiger partial charge in [-0.05, 0) is 40.9 Å². The van der Waals surface area contributed by atoms with Gasteiger partial charge in [-0.3, -0.25) is 4.79 Å². The number of nitrogens with zero attached hydrogens (tertiary/aromatic N) is 1. The highest BCUT2D eigenvalue weighted by molar-refractivity contribution is 9.10. The van der Waals surface area contributed by atoms with Crippen LogP contribution < -0.4 is 5.32 Å². The van der Waals surface area contributed by atoms with E-state index in [-0.39, 0.29) is 11.9 Å². The average Bonchev–Trinajstić information content (AvgIpc) is 2.25. The molecule has 1 heterocycles. The minimum Gasteiger partial charge on any atom is -0.348 e. The molecule has 0 spiro atoms. The molecule has 1 rings (SSSR count). The van der Waals surface area contributed by atoms with Crippen LogP contribution in [0.3, 0.4) is 0 Å². The van der Waals surface area contributed by atoms with Gasteiger partial charge in [0.25, 0.3) is 5.91 Å². The summed E-state index contributed by atoms with van der Waals surface area (Å²) in [5, 5.41) is 2.94. The first-order chi connectivity index (χ1) is 7.17. The standard InChI is InChI=1S/C11H15BrN2O/c1-3-8(4-2)13-11(15)9-6-5-7-10(12)14-9/h5-8H,3-4H2,1-2H3,(H,13,15). The molecular weight excluding hydrogens is 256 g/mol. The van der Waals surface area contributed by atoms with Crippen molar-refractivity contribution in [2.75, 3.05) is 0 Å². The van der Waals surface area contributed by atoms with Crippen molar-refractivity contribution >= 4 is 21.8 Å². The summed E-state index contributed by atoms with van der Waals surface area (Å²) >= 11 is 3.24. The highest BCUT2D eigenvalue weighted by Crippen LogP contribution is 2.07. The van der Waals surface area contributed by atoms with Gasteiger partial charge in [-0.15, -0.1) is 0 Å². The van der Waals surface area contributed by atoms with E-state index in [1.807, 2.05) is 0 Å². The van der Waals surface area contributed by atoms with Crippen molar-refractivity contribution in [3.05, 3.63) is 28.5 Å². The van der Waals surface area contributed by atoms with Crippen LogP contribution in [0.25, 0.3) is 0 Å². The molecule has 4 heteroatoms. The lowest BCUT2D eigenvalue weighted by Crippen LogP contribution is -2.34. The van der Waals surface area contributed by atoms with Crippen molar-refractivity contribution < 1.29 is 4.79 Å². The minimum absolute atomic E-state index is 0.106. The maximum absolute atomic E-state index is 11.7. The number of rotatable bonds is 4. The van der Waals surface area contributed by atoms with Crippen LogP contribution in [-0.2, 0) is 0 Å². The van der Waals surface area contributed by atoms with E-state index in [4.69, 9.17) is 0 Å². The van der Waals surface area contributed by atoms with Crippen LogP contribution in [-0.4, -0.2) is 16.9 Å². The van der Waals surface area contributed by atoms with E-state index in [2.05, 4.69) is 40.1 Å². The van der Waals surface area contributed by atoms with E-state index in [1.165, 1.54) is 0 Å². The minimum atomic E-state index is -0.106. The highest BCUT2D eigenvalue weighted by atomic mass is 79.9. The quantitative estimate of drug-likeness (QED) is 0.855. The van der Waals surface area contributed by atoms with Crippen molar-refractivity contribution in [1.82, 2.24) is 10.3 Å². The van der Waals surface area contributed by atoms with Crippen LogP contribution in [0.2, 0.25) is 0 Å². The van der Waals surface area contributed by atoms with Gasteiger partial charge in [-0.2, -0.15) is 0 Å². The summed E-state index contributed by atoms with van der Waals surface area (Å²) in [4.78, 5) is 15.8. The first kappa shape index (κ1) is 12.2. The normalized spacial score (nSPS) is 10.4. The Morgan fingerprint density at radius 1 is 1.47 bits per heavy atom. The third-order valence-corrected chi connectivity index (χ3v) is 2.71. The molecule has 0 aliphatic heterocycles. The molecule has 0 aliphatic rings. The Kier molecular flexibility index (Phi) is 4.75. The van der Waals surface area contributed by atoms with Gasteiger partial charge in [-0.1, -0.05) is 19.9 Å². The highest BCUT2D eigenvalue weighted by Gasteiger charge is 2.11. The Hall–Kier alpha value is -0.900. The largest absolute Gasteiger partial charge is 0.348 e. The fraction of sp³-hybridized carbons (Fsp3) is 0.455. The smallest absolute Gasteiger partial charge is 0.270 e. The first-order valence-electron chi connectivity index (χ1n) is 5.10. The summed E-state index contributed by atoms with van der Waals surface area (Å²) in [6, 6.07) is 5.55. The Labute approximate surface area is 98.4 Å². The zero-order chi connectivity index (χ0) is 11.3. The monoisotopic (exact) mass is 270 g/mol. The van der Waals surface area contributed by atoms with Crippen molar-refractivity contribution in [3.63, 3.8) is 0 Å². The van der Waals surface area contributed by atoms with Gasteiger partial charge in [-0.25, -0.2) is 4.98 Å². The van der Waals surface area contributed by atoms with Crippen molar-refractivity contribution in [2.45, 2.75) is 32.7 Å². The number of aromatic nitrogens is 1. The summed E-state index contributed by atoms with van der Waals surface area (Å²) in [6.45, 7) is 4.12. The number of pyridine rings is 1. The molecule has 0 atom stereocenters. The molecule has 0 unspecified atom stereocenters. The van der Waals surface area contributed by atoms with E-state index in [0.717, 1.165) is 12.8 Å². The van der Waals surface area contributed by atoms with Crippen LogP contribution in [0.5, 0.6) is 0 Å². The molecule has 0 saturated heterocycles. The van der Waals surface area contributed by atoms with Gasteiger partial charge in [0.05, 0.1) is 0 Å². The first-order valence-corrected chi connectivity index (χ1v) is 5.90. The molecule has 0 aromatic carbocycles. The van der Waals surface area contributed by atoms with Gasteiger partial charge in [0, 0.05) is 6.04 Å². The zero-order valence-electron chi connectivity index (χ0n) is 8.96. The Morgan fingerprint density at radius 3 is 2.67 bits per heavy atom. The summed E-state index contributed by atoms with van der Waals surface area (Å²) < 4.78 is 0.680. The molecule has 0 saturated carbocycles. The molecule has 3 nitrogen and oxygen atoms in total. The van der Waals surface area contributed by atoms with Crippen LogP contribution >= 0.6 is 15.9 Å². The van der Waals surface area contributed by atoms with Gasteiger partial charge < -0.3 is 5.32 Å². The topological polar surface area (TPSA) is 42.0 Å². The SMILES string of the molecule is CCC(CC)NC(=O)c1cccc(Br)n1. The molecule has 0 radical (unpaired) electrons. The summed E-state index contributed by atoms with van der Waals surface area (Å²) in [5.41, 5.74) is 0.455. The lowest BCUT2D eigenvalue weighted by Gasteiger charge is -2.14. The zero-order valence-corrected chi connectivity index (χ0v) is 10.5. The van der Waals surface area contributed by atoms with Crippen LogP contribution in [0.15, 0.2) is 22.8 Å². The van der Waals surface area contributed by atoms with E-state index >= 15 is 0 Å². The molecule has 1 amide bonds. The van der Waals surface area contributed by atoms with Gasteiger partial charge in [0.1, 0.15) is 10.3 Å². The second kappa shape index (κ2) is 5.85. The molecule has 1 N–H and O–H groups in total. The Morgan fingerprint density at radius 2 is 2.13 bits per heavy atom. The molecule has 82 valence electrons. The van der Waals surface area contributed by atoms with Gasteiger partial charge in [0.15, 0.2) is 0 Å². The third-order valence-electron chi connectivity index (χ3n) is 2.27. The van der Waals surface area contributed by atoms with E-state index < -0.39 is 0 Å². The molecule has 0 fully saturated rings. The van der Waals surface area contributed by atoms with Crippen molar-refractivity contribution in [3.8, 4) is 0 Å². The third kappa shape index (κ3) is 3.63. The Balaban J connectivity index is 2.68. The van der Waals surface area contributed by atoms with Crippen LogP contribution in [0.4, 0.5) is 0 Å². The van der Waals surface area contributed by atoms with E-state index in [1.54, 1.807) is 18.2 Å². The number of hydrogen-bond donors (Lipinski definition) is 1. The van der Waals surface area contributed by atoms with Gasteiger partial charge in [0.2, 0.25) is 0 Å². The van der Waals surface area contributed by atoms with Crippen LogP contribution in [0.1, 0.15) is 37.2 Å². The number of carbonyl (C=O) groups excluding carboxylic acids is 1. The number of amides is 1. The predicted molar refractivity (Wildman–Crippen MR) is 63.8 cm³/mol. The molecule has 1 aromatic rings. The molecule has 0 aliphatic carbocycles. The van der Waals surface area contributed by atoms with Crippen molar-refractivity contribution in [1.29, 1.82) is 0 Å². The number of carbonyl (C=O) groups is 1. The number of nitrogens with one attached hydrogen (secondary N) is 1. The summed E-state index contributed by atoms with van der Waals surface area (Å²) in [6.07, 6.45) is 1.88. The molecule has 0 bridgehead atoms. The average molecular weight is 271 g/mol. The van der Waals surface area contributed by atoms with Gasteiger partial charge >= 0.3 is 0 Å². The van der Waals surface area contributed by atoms with E-state index in [9.17, 15) is 4.79 Å². The number of halogens is 1. The maximum Gasteiger partial charge on any atom is 0.270 e. The fourth-order valence-electron chi connectivity index (χ4n) is 1.29. The van der Waals surface area contributed by atoms with Crippen LogP contribution in [0, 0.1) is 0 Å². The lowest BCUT2D eigenvalue weighted by atomic mass is 10.1. The predicted octanol–water partition coefficient (Wildman–Crippen LogP) is 2.76.